The van der Waals surface area contributed by atoms with E-state index in [1.54, 1.807) is 0 Å². The lowest BCUT2D eigenvalue weighted by Crippen LogP contribution is -2.28. The van der Waals surface area contributed by atoms with Gasteiger partial charge in [0.1, 0.15) is 0 Å². The lowest BCUT2D eigenvalue weighted by Gasteiger charge is -2.35. The van der Waals surface area contributed by atoms with Crippen molar-refractivity contribution >= 4 is 0 Å². The van der Waals surface area contributed by atoms with E-state index in [1.807, 2.05) is 0 Å². The quantitative estimate of drug-likeness (QED) is 0.564. The molecule has 0 fully saturated rings. The van der Waals surface area contributed by atoms with Crippen LogP contribution in [0.2, 0.25) is 0 Å². The molecule has 0 spiro atoms. The summed E-state index contributed by atoms with van der Waals surface area (Å²) < 4.78 is 0. The fourth-order valence-electron chi connectivity index (χ4n) is 2.87. The third kappa shape index (κ3) is 4.02. The van der Waals surface area contributed by atoms with Gasteiger partial charge >= 0.3 is 0 Å². The van der Waals surface area contributed by atoms with E-state index in [2.05, 4.69) is 48.5 Å². The Bertz CT molecular complexity index is 135. The molecule has 0 aromatic heterocycles. The minimum absolute atomic E-state index is 0.821. The lowest BCUT2D eigenvalue weighted by molar-refractivity contribution is 0.141. The summed E-state index contributed by atoms with van der Waals surface area (Å²) in [7, 11) is 0. The van der Waals surface area contributed by atoms with Gasteiger partial charge in [-0.3, -0.25) is 0 Å². The molecule has 0 aromatic rings. The van der Waals surface area contributed by atoms with Crippen molar-refractivity contribution in [2.45, 2.75) is 61.3 Å². The minimum atomic E-state index is 0.821. The van der Waals surface area contributed by atoms with E-state index in [9.17, 15) is 0 Å². The van der Waals surface area contributed by atoms with Gasteiger partial charge in [0, 0.05) is 0 Å². The van der Waals surface area contributed by atoms with E-state index < -0.39 is 0 Å². The van der Waals surface area contributed by atoms with Gasteiger partial charge in [-0.05, 0) is 29.6 Å². The highest BCUT2D eigenvalue weighted by Crippen LogP contribution is 2.35. The van der Waals surface area contributed by atoms with E-state index in [4.69, 9.17) is 0 Å². The summed E-state index contributed by atoms with van der Waals surface area (Å²) in [5.74, 6) is 4.29. The van der Waals surface area contributed by atoms with Gasteiger partial charge in [0.05, 0.1) is 0 Å². The van der Waals surface area contributed by atoms with Crippen LogP contribution in [0.15, 0.2) is 0 Å². The second-order valence-electron chi connectivity index (χ2n) is 5.69. The second-order valence-corrected chi connectivity index (χ2v) is 5.69. The molecular formula is C14H30. The minimum Gasteiger partial charge on any atom is -0.0654 e. The molecule has 3 atom stereocenters. The Balaban J connectivity index is 4.42. The highest BCUT2D eigenvalue weighted by molar-refractivity contribution is 4.76. The molecule has 0 saturated carbocycles. The second kappa shape index (κ2) is 6.48. The molecule has 3 unspecified atom stereocenters. The summed E-state index contributed by atoms with van der Waals surface area (Å²) in [5.41, 5.74) is 0. The summed E-state index contributed by atoms with van der Waals surface area (Å²) in [4.78, 5) is 0. The Kier molecular flexibility index (Phi) is 6.48. The van der Waals surface area contributed by atoms with Crippen LogP contribution in [0.5, 0.6) is 0 Å². The highest BCUT2D eigenvalue weighted by atomic mass is 14.3. The summed E-state index contributed by atoms with van der Waals surface area (Å²) in [6.07, 6.45) is 2.72. The molecule has 0 amide bonds. The van der Waals surface area contributed by atoms with Crippen molar-refractivity contribution in [3.63, 3.8) is 0 Å². The summed E-state index contributed by atoms with van der Waals surface area (Å²) in [6.45, 7) is 16.7. The number of hydrogen-bond acceptors (Lipinski definition) is 0. The van der Waals surface area contributed by atoms with Crippen molar-refractivity contribution in [1.82, 2.24) is 0 Å². The predicted molar refractivity (Wildman–Crippen MR) is 66.4 cm³/mol. The van der Waals surface area contributed by atoms with Crippen LogP contribution in [0.3, 0.4) is 0 Å². The number of hydrogen-bond donors (Lipinski definition) is 0. The maximum Gasteiger partial charge on any atom is -0.0337 e. The molecule has 86 valence electrons. The summed E-state index contributed by atoms with van der Waals surface area (Å²) in [6, 6.07) is 0. The Morgan fingerprint density at radius 1 is 0.786 bits per heavy atom. The smallest absolute Gasteiger partial charge is 0.0337 e. The van der Waals surface area contributed by atoms with Crippen molar-refractivity contribution < 1.29 is 0 Å². The Morgan fingerprint density at radius 3 is 1.57 bits per heavy atom. The molecule has 0 aliphatic heterocycles. The molecule has 0 aliphatic carbocycles. The zero-order chi connectivity index (χ0) is 11.3. The first-order chi connectivity index (χ1) is 6.41. The van der Waals surface area contributed by atoms with E-state index in [1.165, 1.54) is 12.8 Å². The van der Waals surface area contributed by atoms with Crippen molar-refractivity contribution in [2.24, 2.45) is 29.6 Å². The molecule has 0 aliphatic rings. The normalized spacial score (nSPS) is 18.6. The fourth-order valence-corrected chi connectivity index (χ4v) is 2.87. The van der Waals surface area contributed by atoms with Gasteiger partial charge in [-0.15, -0.1) is 0 Å². The van der Waals surface area contributed by atoms with E-state index in [0.29, 0.717) is 0 Å². The molecule has 0 bridgehead atoms. The van der Waals surface area contributed by atoms with Crippen LogP contribution < -0.4 is 0 Å². The van der Waals surface area contributed by atoms with Crippen LogP contribution in [-0.2, 0) is 0 Å². The molecule has 14 heavy (non-hydrogen) atoms. The fraction of sp³-hybridized carbons (Fsp3) is 1.00. The molecule has 0 aromatic carbocycles. The van der Waals surface area contributed by atoms with E-state index in [0.717, 1.165) is 29.6 Å². The van der Waals surface area contributed by atoms with E-state index >= 15 is 0 Å². The average Bonchev–Trinajstić information content (AvgIpc) is 2.03. The maximum absolute atomic E-state index is 2.44. The Morgan fingerprint density at radius 2 is 1.29 bits per heavy atom. The first kappa shape index (κ1) is 14.0. The van der Waals surface area contributed by atoms with Crippen LogP contribution >= 0.6 is 0 Å². The Labute approximate surface area is 91.5 Å². The SMILES string of the molecule is CCCC(C)C(C(C)C)C(C)C(C)C. The topological polar surface area (TPSA) is 0 Å². The van der Waals surface area contributed by atoms with E-state index in [-0.39, 0.29) is 0 Å². The third-order valence-corrected chi connectivity index (χ3v) is 3.83. The number of rotatable bonds is 6. The maximum atomic E-state index is 2.44. The monoisotopic (exact) mass is 198 g/mol. The molecule has 0 heteroatoms. The van der Waals surface area contributed by atoms with Gasteiger partial charge in [0.15, 0.2) is 0 Å². The molecule has 0 nitrogen and oxygen atoms in total. The van der Waals surface area contributed by atoms with Gasteiger partial charge < -0.3 is 0 Å². The van der Waals surface area contributed by atoms with Crippen LogP contribution in [0.4, 0.5) is 0 Å². The molecule has 0 saturated heterocycles. The van der Waals surface area contributed by atoms with Crippen LogP contribution in [-0.4, -0.2) is 0 Å². The molecule has 0 radical (unpaired) electrons. The van der Waals surface area contributed by atoms with Crippen molar-refractivity contribution in [3.8, 4) is 0 Å². The van der Waals surface area contributed by atoms with Crippen molar-refractivity contribution in [3.05, 3.63) is 0 Å². The van der Waals surface area contributed by atoms with Crippen molar-refractivity contribution in [1.29, 1.82) is 0 Å². The Hall–Kier alpha value is 0. The average molecular weight is 198 g/mol. The standard InChI is InChI=1S/C14H30/c1-8-9-12(6)14(11(4)5)13(7)10(2)3/h10-14H,8-9H2,1-7H3. The van der Waals surface area contributed by atoms with Gasteiger partial charge in [-0.2, -0.15) is 0 Å². The molecule has 0 N–H and O–H groups in total. The molecular weight excluding hydrogens is 168 g/mol. The zero-order valence-electron chi connectivity index (χ0n) is 11.3. The van der Waals surface area contributed by atoms with Gasteiger partial charge in [0.25, 0.3) is 0 Å². The van der Waals surface area contributed by atoms with Gasteiger partial charge in [0.2, 0.25) is 0 Å². The first-order valence-electron chi connectivity index (χ1n) is 6.41. The van der Waals surface area contributed by atoms with Crippen LogP contribution in [0.1, 0.15) is 61.3 Å². The van der Waals surface area contributed by atoms with Crippen LogP contribution in [0.25, 0.3) is 0 Å². The molecule has 0 rings (SSSR count). The summed E-state index contributed by atoms with van der Waals surface area (Å²) in [5, 5.41) is 0. The lowest BCUT2D eigenvalue weighted by atomic mass is 9.71. The largest absolute Gasteiger partial charge is 0.0654 e. The highest BCUT2D eigenvalue weighted by Gasteiger charge is 2.27. The third-order valence-electron chi connectivity index (χ3n) is 3.83. The van der Waals surface area contributed by atoms with Gasteiger partial charge in [-0.25, -0.2) is 0 Å². The first-order valence-corrected chi connectivity index (χ1v) is 6.41. The summed E-state index contributed by atoms with van der Waals surface area (Å²) >= 11 is 0. The zero-order valence-corrected chi connectivity index (χ0v) is 11.3. The van der Waals surface area contributed by atoms with Gasteiger partial charge in [-0.1, -0.05) is 61.3 Å². The van der Waals surface area contributed by atoms with Crippen LogP contribution in [0, 0.1) is 29.6 Å². The van der Waals surface area contributed by atoms with Crippen molar-refractivity contribution in [2.75, 3.05) is 0 Å². The predicted octanol–water partition coefficient (Wildman–Crippen LogP) is 4.99. The molecule has 0 heterocycles.